The van der Waals surface area contributed by atoms with E-state index in [0.717, 1.165) is 19.4 Å². The quantitative estimate of drug-likeness (QED) is 0.728. The van der Waals surface area contributed by atoms with Crippen LogP contribution in [0.4, 0.5) is 18.9 Å². The number of halogens is 3. The van der Waals surface area contributed by atoms with E-state index in [1.54, 1.807) is 0 Å². The lowest BCUT2D eigenvalue weighted by Gasteiger charge is -2.10. The van der Waals surface area contributed by atoms with E-state index in [1.165, 1.54) is 0 Å². The topological polar surface area (TPSA) is 65.2 Å². The number of methoxy groups -OCH3 is 1. The number of ether oxygens (including phenoxy) is 1. The van der Waals surface area contributed by atoms with Gasteiger partial charge in [-0.05, 0) is 6.07 Å². The first-order valence-corrected chi connectivity index (χ1v) is 3.77. The maximum absolute atomic E-state index is 12.4. The van der Waals surface area contributed by atoms with Gasteiger partial charge in [0, 0.05) is 0 Å². The largest absolute Gasteiger partial charge is 0.465 e. The molecule has 0 aliphatic heterocycles. The van der Waals surface area contributed by atoms with E-state index in [-0.39, 0.29) is 5.69 Å². The van der Waals surface area contributed by atoms with Gasteiger partial charge >= 0.3 is 12.1 Å². The van der Waals surface area contributed by atoms with E-state index in [1.807, 2.05) is 0 Å². The molecule has 7 heteroatoms. The first-order chi connectivity index (χ1) is 6.86. The minimum absolute atomic E-state index is 0.0385. The number of esters is 1. The molecule has 15 heavy (non-hydrogen) atoms. The number of alkyl halides is 3. The maximum atomic E-state index is 12.4. The molecule has 4 nitrogen and oxygen atoms in total. The van der Waals surface area contributed by atoms with Gasteiger partial charge in [0.1, 0.15) is 0 Å². The Morgan fingerprint density at radius 3 is 2.60 bits per heavy atom. The summed E-state index contributed by atoms with van der Waals surface area (Å²) in [6, 6.07) is 0.877. The van der Waals surface area contributed by atoms with Gasteiger partial charge in [0.05, 0.1) is 24.6 Å². The smallest absolute Gasteiger partial charge is 0.434 e. The van der Waals surface area contributed by atoms with Crippen LogP contribution in [0.25, 0.3) is 0 Å². The zero-order valence-electron chi connectivity index (χ0n) is 7.63. The van der Waals surface area contributed by atoms with E-state index in [4.69, 9.17) is 5.73 Å². The Morgan fingerprint density at radius 1 is 1.53 bits per heavy atom. The molecule has 1 heterocycles. The van der Waals surface area contributed by atoms with Gasteiger partial charge in [-0.3, -0.25) is 0 Å². The highest BCUT2D eigenvalue weighted by Crippen LogP contribution is 2.31. The van der Waals surface area contributed by atoms with Crippen LogP contribution in [0.5, 0.6) is 0 Å². The summed E-state index contributed by atoms with van der Waals surface area (Å²) in [6.07, 6.45) is -3.88. The van der Waals surface area contributed by atoms with Crippen molar-refractivity contribution < 1.29 is 22.7 Å². The van der Waals surface area contributed by atoms with E-state index < -0.39 is 23.4 Å². The van der Waals surface area contributed by atoms with Crippen LogP contribution < -0.4 is 5.73 Å². The van der Waals surface area contributed by atoms with Crippen molar-refractivity contribution in [3.05, 3.63) is 23.5 Å². The van der Waals surface area contributed by atoms with E-state index in [9.17, 15) is 18.0 Å². The van der Waals surface area contributed by atoms with Crippen molar-refractivity contribution in [1.29, 1.82) is 0 Å². The molecule has 0 amide bonds. The van der Waals surface area contributed by atoms with Gasteiger partial charge in [0.25, 0.3) is 0 Å². The second-order valence-corrected chi connectivity index (χ2v) is 2.65. The minimum atomic E-state index is -4.71. The fourth-order valence-electron chi connectivity index (χ4n) is 0.972. The summed E-state index contributed by atoms with van der Waals surface area (Å²) in [5, 5.41) is 0. The van der Waals surface area contributed by atoms with Gasteiger partial charge in [-0.25, -0.2) is 9.78 Å². The predicted molar refractivity (Wildman–Crippen MR) is 45.0 cm³/mol. The van der Waals surface area contributed by atoms with Crippen LogP contribution >= 0.6 is 0 Å². The number of carbonyl (C=O) groups excluding carboxylic acids is 1. The van der Waals surface area contributed by atoms with Gasteiger partial charge < -0.3 is 10.5 Å². The highest BCUT2D eigenvalue weighted by Gasteiger charge is 2.37. The molecule has 0 spiro atoms. The number of hydrogen-bond donors (Lipinski definition) is 1. The Morgan fingerprint density at radius 2 is 2.13 bits per heavy atom. The van der Waals surface area contributed by atoms with Crippen molar-refractivity contribution in [3.63, 3.8) is 0 Å². The van der Waals surface area contributed by atoms with E-state index in [2.05, 4.69) is 9.72 Å². The highest BCUT2D eigenvalue weighted by atomic mass is 19.4. The molecule has 0 aliphatic rings. The summed E-state index contributed by atoms with van der Waals surface area (Å²) in [5.41, 5.74) is 3.20. The average molecular weight is 220 g/mol. The summed E-state index contributed by atoms with van der Waals surface area (Å²) < 4.78 is 41.3. The van der Waals surface area contributed by atoms with Gasteiger partial charge in [-0.15, -0.1) is 0 Å². The fraction of sp³-hybridized carbons (Fsp3) is 0.250. The Hall–Kier alpha value is -1.79. The van der Waals surface area contributed by atoms with Gasteiger partial charge in [-0.2, -0.15) is 13.2 Å². The van der Waals surface area contributed by atoms with Crippen molar-refractivity contribution in [3.8, 4) is 0 Å². The summed E-state index contributed by atoms with van der Waals surface area (Å²) in [5.74, 6) is -1.12. The fourth-order valence-corrected chi connectivity index (χ4v) is 0.972. The SMILES string of the molecule is COC(=O)c1cc(N)cnc1C(F)(F)F. The first-order valence-electron chi connectivity index (χ1n) is 3.77. The summed E-state index contributed by atoms with van der Waals surface area (Å²) >= 11 is 0. The summed E-state index contributed by atoms with van der Waals surface area (Å²) in [4.78, 5) is 14.1. The zero-order chi connectivity index (χ0) is 11.6. The standard InChI is InChI=1S/C8H7F3N2O2/c1-15-7(14)5-2-4(12)3-13-6(5)8(9,10)11/h2-3H,12H2,1H3. The highest BCUT2D eigenvalue weighted by molar-refractivity contribution is 5.91. The number of nitrogens with zero attached hydrogens (tertiary/aromatic N) is 1. The Kier molecular flexibility index (Phi) is 2.83. The molecular formula is C8H7F3N2O2. The number of nitrogen functional groups attached to an aromatic ring is 1. The maximum Gasteiger partial charge on any atom is 0.434 e. The number of rotatable bonds is 1. The van der Waals surface area contributed by atoms with Gasteiger partial charge in [0.2, 0.25) is 0 Å². The third-order valence-electron chi connectivity index (χ3n) is 1.58. The molecule has 0 saturated heterocycles. The molecule has 1 rings (SSSR count). The van der Waals surface area contributed by atoms with E-state index >= 15 is 0 Å². The van der Waals surface area contributed by atoms with Crippen molar-refractivity contribution in [2.24, 2.45) is 0 Å². The normalized spacial score (nSPS) is 11.2. The molecule has 0 aromatic carbocycles. The monoisotopic (exact) mass is 220 g/mol. The van der Waals surface area contributed by atoms with Crippen LogP contribution in [0, 0.1) is 0 Å². The van der Waals surface area contributed by atoms with Crippen molar-refractivity contribution in [2.45, 2.75) is 6.18 Å². The molecule has 1 aromatic rings. The molecule has 0 atom stereocenters. The Labute approximate surface area is 82.9 Å². The number of hydrogen-bond acceptors (Lipinski definition) is 4. The Bertz CT molecular complexity index is 390. The van der Waals surface area contributed by atoms with Gasteiger partial charge in [0.15, 0.2) is 5.69 Å². The second-order valence-electron chi connectivity index (χ2n) is 2.65. The third kappa shape index (κ3) is 2.36. The van der Waals surface area contributed by atoms with Crippen LogP contribution in [0.3, 0.4) is 0 Å². The summed E-state index contributed by atoms with van der Waals surface area (Å²) in [7, 11) is 0.978. The van der Waals surface area contributed by atoms with Crippen LogP contribution in [-0.4, -0.2) is 18.1 Å². The Balaban J connectivity index is 3.33. The molecule has 0 bridgehead atoms. The molecule has 82 valence electrons. The van der Waals surface area contributed by atoms with Gasteiger partial charge in [-0.1, -0.05) is 0 Å². The minimum Gasteiger partial charge on any atom is -0.465 e. The van der Waals surface area contributed by atoms with Crippen molar-refractivity contribution in [1.82, 2.24) is 4.98 Å². The molecule has 1 aromatic heterocycles. The third-order valence-corrected chi connectivity index (χ3v) is 1.58. The average Bonchev–Trinajstić information content (AvgIpc) is 2.14. The van der Waals surface area contributed by atoms with Crippen molar-refractivity contribution >= 4 is 11.7 Å². The zero-order valence-corrected chi connectivity index (χ0v) is 7.63. The first kappa shape index (κ1) is 11.3. The number of aromatic nitrogens is 1. The molecule has 0 unspecified atom stereocenters. The molecule has 0 saturated carbocycles. The van der Waals surface area contributed by atoms with Crippen molar-refractivity contribution in [2.75, 3.05) is 12.8 Å². The lowest BCUT2D eigenvalue weighted by molar-refractivity contribution is -0.141. The number of carbonyl (C=O) groups is 1. The molecule has 2 N–H and O–H groups in total. The van der Waals surface area contributed by atoms with Crippen LogP contribution in [-0.2, 0) is 10.9 Å². The lowest BCUT2D eigenvalue weighted by Crippen LogP contribution is -2.16. The number of anilines is 1. The van der Waals surface area contributed by atoms with E-state index in [0.29, 0.717) is 0 Å². The second kappa shape index (κ2) is 3.76. The summed E-state index contributed by atoms with van der Waals surface area (Å²) in [6.45, 7) is 0. The van der Waals surface area contributed by atoms with Crippen LogP contribution in [0.2, 0.25) is 0 Å². The predicted octanol–water partition coefficient (Wildman–Crippen LogP) is 1.47. The molecule has 0 fully saturated rings. The number of pyridine rings is 1. The molecule has 0 radical (unpaired) electrons. The van der Waals surface area contributed by atoms with Crippen LogP contribution in [0.1, 0.15) is 16.1 Å². The molecular weight excluding hydrogens is 213 g/mol. The van der Waals surface area contributed by atoms with Crippen LogP contribution in [0.15, 0.2) is 12.3 Å². The number of nitrogens with two attached hydrogens (primary N) is 1. The lowest BCUT2D eigenvalue weighted by atomic mass is 10.2. The molecule has 0 aliphatic carbocycles.